The van der Waals surface area contributed by atoms with Crippen LogP contribution in [0.25, 0.3) is 0 Å². The molecular weight excluding hydrogens is 344 g/mol. The van der Waals surface area contributed by atoms with E-state index in [4.69, 9.17) is 9.47 Å². The molecule has 27 heavy (non-hydrogen) atoms. The van der Waals surface area contributed by atoms with Gasteiger partial charge in [-0.1, -0.05) is 13.0 Å². The Balaban J connectivity index is 1.56. The van der Waals surface area contributed by atoms with Crippen LogP contribution in [0.2, 0.25) is 0 Å². The summed E-state index contributed by atoms with van der Waals surface area (Å²) in [6.45, 7) is 4.60. The SMILES string of the molecule is CCc1nccn1CC1CCN(C(=O)Nc2cccc(OC)c2OC)CC1. The molecule has 0 atom stereocenters. The van der Waals surface area contributed by atoms with Crippen molar-refractivity contribution in [1.82, 2.24) is 14.5 Å². The van der Waals surface area contributed by atoms with Crippen molar-refractivity contribution in [2.45, 2.75) is 32.7 Å². The number of nitrogens with zero attached hydrogens (tertiary/aromatic N) is 3. The third kappa shape index (κ3) is 4.35. The Morgan fingerprint density at radius 3 is 2.70 bits per heavy atom. The molecule has 1 aliphatic heterocycles. The summed E-state index contributed by atoms with van der Waals surface area (Å²) in [6.07, 6.45) is 6.83. The number of ether oxygens (including phenoxy) is 2. The van der Waals surface area contributed by atoms with Crippen molar-refractivity contribution in [3.05, 3.63) is 36.4 Å². The van der Waals surface area contributed by atoms with Crippen LogP contribution in [0.5, 0.6) is 11.5 Å². The van der Waals surface area contributed by atoms with E-state index in [1.165, 1.54) is 0 Å². The number of hydrogen-bond acceptors (Lipinski definition) is 4. The number of methoxy groups -OCH3 is 2. The van der Waals surface area contributed by atoms with Crippen molar-refractivity contribution in [2.24, 2.45) is 5.92 Å². The third-order valence-electron chi connectivity index (χ3n) is 5.12. The van der Waals surface area contributed by atoms with Gasteiger partial charge < -0.3 is 24.3 Å². The number of imidazole rings is 1. The molecule has 0 aliphatic carbocycles. The minimum atomic E-state index is -0.100. The van der Waals surface area contributed by atoms with Gasteiger partial charge >= 0.3 is 6.03 Å². The molecule has 146 valence electrons. The fourth-order valence-corrected chi connectivity index (χ4v) is 3.60. The van der Waals surface area contributed by atoms with Gasteiger partial charge in [-0.2, -0.15) is 0 Å². The van der Waals surface area contributed by atoms with E-state index in [1.54, 1.807) is 20.3 Å². The topological polar surface area (TPSA) is 68.6 Å². The zero-order valence-corrected chi connectivity index (χ0v) is 16.3. The van der Waals surface area contributed by atoms with E-state index in [1.807, 2.05) is 29.4 Å². The number of hydrogen-bond donors (Lipinski definition) is 1. The van der Waals surface area contributed by atoms with Crippen molar-refractivity contribution in [2.75, 3.05) is 32.6 Å². The molecule has 2 heterocycles. The number of urea groups is 1. The fourth-order valence-electron chi connectivity index (χ4n) is 3.60. The largest absolute Gasteiger partial charge is 0.493 e. The van der Waals surface area contributed by atoms with E-state index in [0.29, 0.717) is 23.1 Å². The second-order valence-corrected chi connectivity index (χ2v) is 6.75. The highest BCUT2D eigenvalue weighted by atomic mass is 16.5. The summed E-state index contributed by atoms with van der Waals surface area (Å²) >= 11 is 0. The first-order valence-corrected chi connectivity index (χ1v) is 9.43. The van der Waals surface area contributed by atoms with Gasteiger partial charge in [-0.3, -0.25) is 0 Å². The van der Waals surface area contributed by atoms with Gasteiger partial charge in [0.1, 0.15) is 5.82 Å². The number of anilines is 1. The summed E-state index contributed by atoms with van der Waals surface area (Å²) in [6, 6.07) is 5.36. The number of rotatable bonds is 6. The van der Waals surface area contributed by atoms with Crippen LogP contribution in [0.15, 0.2) is 30.6 Å². The van der Waals surface area contributed by atoms with Crippen LogP contribution in [0.4, 0.5) is 10.5 Å². The molecule has 2 aromatic rings. The van der Waals surface area contributed by atoms with Crippen molar-refractivity contribution in [1.29, 1.82) is 0 Å². The van der Waals surface area contributed by atoms with Crippen LogP contribution < -0.4 is 14.8 Å². The lowest BCUT2D eigenvalue weighted by molar-refractivity contribution is 0.176. The predicted octanol–water partition coefficient (Wildman–Crippen LogP) is 3.41. The molecule has 1 aromatic heterocycles. The van der Waals surface area contributed by atoms with E-state index < -0.39 is 0 Å². The minimum Gasteiger partial charge on any atom is -0.493 e. The van der Waals surface area contributed by atoms with Crippen LogP contribution in [-0.4, -0.2) is 47.8 Å². The lowest BCUT2D eigenvalue weighted by atomic mass is 9.97. The smallest absolute Gasteiger partial charge is 0.321 e. The zero-order chi connectivity index (χ0) is 19.2. The third-order valence-corrected chi connectivity index (χ3v) is 5.12. The van der Waals surface area contributed by atoms with Gasteiger partial charge in [-0.25, -0.2) is 9.78 Å². The highest BCUT2D eigenvalue weighted by molar-refractivity contribution is 5.91. The summed E-state index contributed by atoms with van der Waals surface area (Å²) in [5, 5.41) is 2.95. The maximum Gasteiger partial charge on any atom is 0.321 e. The highest BCUT2D eigenvalue weighted by Gasteiger charge is 2.24. The number of nitrogens with one attached hydrogen (secondary N) is 1. The van der Waals surface area contributed by atoms with Crippen molar-refractivity contribution < 1.29 is 14.3 Å². The number of carbonyl (C=O) groups is 1. The molecule has 0 spiro atoms. The number of piperidine rings is 1. The van der Waals surface area contributed by atoms with Gasteiger partial charge in [-0.15, -0.1) is 0 Å². The second kappa shape index (κ2) is 8.79. The maximum absolute atomic E-state index is 12.7. The Kier molecular flexibility index (Phi) is 6.21. The van der Waals surface area contributed by atoms with E-state index >= 15 is 0 Å². The first-order valence-electron chi connectivity index (χ1n) is 9.43. The first kappa shape index (κ1) is 19.1. The molecule has 1 fully saturated rings. The lowest BCUT2D eigenvalue weighted by Gasteiger charge is -2.32. The van der Waals surface area contributed by atoms with E-state index in [-0.39, 0.29) is 6.03 Å². The number of carbonyl (C=O) groups excluding carboxylic acids is 1. The van der Waals surface area contributed by atoms with Gasteiger partial charge in [0.15, 0.2) is 11.5 Å². The maximum atomic E-state index is 12.7. The molecule has 1 saturated heterocycles. The molecular formula is C20H28N4O3. The molecule has 0 radical (unpaired) electrons. The Hall–Kier alpha value is -2.70. The van der Waals surface area contributed by atoms with E-state index in [2.05, 4.69) is 21.8 Å². The number of aryl methyl sites for hydroxylation is 1. The molecule has 7 nitrogen and oxygen atoms in total. The Bertz CT molecular complexity index is 766. The Labute approximate surface area is 160 Å². The van der Waals surface area contributed by atoms with Crippen molar-refractivity contribution in [3.63, 3.8) is 0 Å². The first-order chi connectivity index (χ1) is 13.2. The van der Waals surface area contributed by atoms with Crippen LogP contribution in [0, 0.1) is 5.92 Å². The molecule has 0 unspecified atom stereocenters. The summed E-state index contributed by atoms with van der Waals surface area (Å²) in [7, 11) is 3.15. The van der Waals surface area contributed by atoms with Crippen LogP contribution in [0.3, 0.4) is 0 Å². The zero-order valence-electron chi connectivity index (χ0n) is 16.3. The van der Waals surface area contributed by atoms with Gasteiger partial charge in [0.2, 0.25) is 0 Å². The standard InChI is InChI=1S/C20H28N4O3/c1-4-18-21-10-13-24(18)14-15-8-11-23(12-9-15)20(25)22-16-6-5-7-17(26-2)19(16)27-3/h5-7,10,13,15H,4,8-9,11-12,14H2,1-3H3,(H,22,25). The number of benzene rings is 1. The average molecular weight is 372 g/mol. The van der Waals surface area contributed by atoms with Crippen LogP contribution in [-0.2, 0) is 13.0 Å². The van der Waals surface area contributed by atoms with Gasteiger partial charge in [0, 0.05) is 38.4 Å². The molecule has 1 aliphatic rings. The average Bonchev–Trinajstić information content (AvgIpc) is 3.15. The minimum absolute atomic E-state index is 0.100. The predicted molar refractivity (Wildman–Crippen MR) is 104 cm³/mol. The monoisotopic (exact) mass is 372 g/mol. The Morgan fingerprint density at radius 2 is 2.04 bits per heavy atom. The summed E-state index contributed by atoms with van der Waals surface area (Å²) in [5.74, 6) is 2.83. The Morgan fingerprint density at radius 1 is 1.26 bits per heavy atom. The molecule has 3 rings (SSSR count). The van der Waals surface area contributed by atoms with Gasteiger partial charge in [0.05, 0.1) is 19.9 Å². The molecule has 7 heteroatoms. The van der Waals surface area contributed by atoms with Crippen LogP contribution >= 0.6 is 0 Å². The number of para-hydroxylation sites is 1. The summed E-state index contributed by atoms with van der Waals surface area (Å²) in [5.41, 5.74) is 0.620. The molecule has 2 amide bonds. The quantitative estimate of drug-likeness (QED) is 0.844. The number of amides is 2. The van der Waals surface area contributed by atoms with Gasteiger partial charge in [-0.05, 0) is 30.9 Å². The number of aromatic nitrogens is 2. The lowest BCUT2D eigenvalue weighted by Crippen LogP contribution is -2.41. The van der Waals surface area contributed by atoms with E-state index in [9.17, 15) is 4.79 Å². The van der Waals surface area contributed by atoms with Crippen LogP contribution in [0.1, 0.15) is 25.6 Å². The summed E-state index contributed by atoms with van der Waals surface area (Å²) in [4.78, 5) is 18.9. The summed E-state index contributed by atoms with van der Waals surface area (Å²) < 4.78 is 12.9. The highest BCUT2D eigenvalue weighted by Crippen LogP contribution is 2.35. The van der Waals surface area contributed by atoms with E-state index in [0.717, 1.165) is 44.7 Å². The van der Waals surface area contributed by atoms with Crippen molar-refractivity contribution in [3.8, 4) is 11.5 Å². The van der Waals surface area contributed by atoms with Gasteiger partial charge in [0.25, 0.3) is 0 Å². The molecule has 0 bridgehead atoms. The fraction of sp³-hybridized carbons (Fsp3) is 0.500. The normalized spacial score (nSPS) is 14.9. The second-order valence-electron chi connectivity index (χ2n) is 6.75. The molecule has 1 aromatic carbocycles. The number of likely N-dealkylation sites (tertiary alicyclic amines) is 1. The molecule has 0 saturated carbocycles. The molecule has 1 N–H and O–H groups in total. The van der Waals surface area contributed by atoms with Crippen molar-refractivity contribution >= 4 is 11.7 Å².